The first-order valence-electron chi connectivity index (χ1n) is 5.03. The van der Waals surface area contributed by atoms with E-state index in [2.05, 4.69) is 15.9 Å². The maximum Gasteiger partial charge on any atom is 0.152 e. The van der Waals surface area contributed by atoms with E-state index in [9.17, 15) is 4.39 Å². The average Bonchev–Trinajstić information content (AvgIpc) is 2.38. The van der Waals surface area contributed by atoms with E-state index in [0.29, 0.717) is 10.6 Å². The zero-order valence-electron chi connectivity index (χ0n) is 9.15. The van der Waals surface area contributed by atoms with E-state index in [0.717, 1.165) is 4.90 Å². The quantitative estimate of drug-likeness (QED) is 0.843. The topological polar surface area (TPSA) is 49.8 Å². The number of nitrogens with two attached hydrogens (primary N) is 1. The maximum absolute atomic E-state index is 14.0. The fourth-order valence-corrected chi connectivity index (χ4v) is 2.78. The van der Waals surface area contributed by atoms with E-state index >= 15 is 0 Å². The molecule has 0 fully saturated rings. The smallest absolute Gasteiger partial charge is 0.152 e. The molecule has 0 atom stereocenters. The predicted octanol–water partition coefficient (Wildman–Crippen LogP) is 4.19. The Hall–Kier alpha value is -1.51. The molecule has 5 heteroatoms. The van der Waals surface area contributed by atoms with Crippen molar-refractivity contribution in [3.05, 3.63) is 52.3 Å². The number of rotatable bonds is 2. The van der Waals surface area contributed by atoms with Gasteiger partial charge in [0, 0.05) is 15.5 Å². The Balaban J connectivity index is 2.33. The van der Waals surface area contributed by atoms with Crippen molar-refractivity contribution >= 4 is 33.4 Å². The van der Waals surface area contributed by atoms with Gasteiger partial charge in [0.1, 0.15) is 6.07 Å². The van der Waals surface area contributed by atoms with Crippen LogP contribution in [0.1, 0.15) is 5.56 Å². The Bertz CT molecular complexity index is 620. The highest BCUT2D eigenvalue weighted by atomic mass is 79.9. The Morgan fingerprint density at radius 3 is 2.44 bits per heavy atom. The van der Waals surface area contributed by atoms with Crippen LogP contribution in [0.25, 0.3) is 0 Å². The van der Waals surface area contributed by atoms with Crippen molar-refractivity contribution in [3.8, 4) is 6.07 Å². The summed E-state index contributed by atoms with van der Waals surface area (Å²) >= 11 is 4.37. The average molecular weight is 323 g/mol. The first kappa shape index (κ1) is 12.9. The van der Waals surface area contributed by atoms with E-state index in [1.165, 1.54) is 11.8 Å². The molecule has 0 spiro atoms. The zero-order valence-corrected chi connectivity index (χ0v) is 11.6. The fraction of sp³-hybridized carbons (Fsp3) is 0. The van der Waals surface area contributed by atoms with Crippen LogP contribution >= 0.6 is 27.7 Å². The molecule has 0 saturated carbocycles. The summed E-state index contributed by atoms with van der Waals surface area (Å²) in [5.74, 6) is -0.420. The first-order chi connectivity index (χ1) is 8.61. The second kappa shape index (κ2) is 5.42. The molecule has 0 amide bonds. The monoisotopic (exact) mass is 322 g/mol. The van der Waals surface area contributed by atoms with Gasteiger partial charge in [0.2, 0.25) is 0 Å². The molecule has 2 N–H and O–H groups in total. The number of benzene rings is 2. The molecule has 2 aromatic rings. The summed E-state index contributed by atoms with van der Waals surface area (Å²) in [4.78, 5) is 1.35. The number of anilines is 1. The highest BCUT2D eigenvalue weighted by Gasteiger charge is 2.11. The fourth-order valence-electron chi connectivity index (χ4n) is 1.36. The molecule has 0 bridgehead atoms. The van der Waals surface area contributed by atoms with E-state index in [1.54, 1.807) is 24.3 Å². The van der Waals surface area contributed by atoms with Crippen molar-refractivity contribution in [1.29, 1.82) is 5.26 Å². The molecule has 0 radical (unpaired) electrons. The highest BCUT2D eigenvalue weighted by Crippen LogP contribution is 2.34. The highest BCUT2D eigenvalue weighted by molar-refractivity contribution is 9.10. The van der Waals surface area contributed by atoms with Crippen LogP contribution < -0.4 is 5.73 Å². The SMILES string of the molecule is N#Cc1ccc(Sc2ccc(N)cc2)c(F)c1Br. The molecule has 0 heterocycles. The minimum absolute atomic E-state index is 0.199. The second-order valence-corrected chi connectivity index (χ2v) is 5.43. The van der Waals surface area contributed by atoms with Crippen molar-refractivity contribution in [2.75, 3.05) is 5.73 Å². The molecule has 90 valence electrons. The van der Waals surface area contributed by atoms with Crippen LogP contribution in [-0.2, 0) is 0 Å². The van der Waals surface area contributed by atoms with Crippen molar-refractivity contribution in [2.45, 2.75) is 9.79 Å². The Morgan fingerprint density at radius 2 is 1.83 bits per heavy atom. The van der Waals surface area contributed by atoms with E-state index in [-0.39, 0.29) is 10.0 Å². The lowest BCUT2D eigenvalue weighted by molar-refractivity contribution is 0.594. The number of nitrogen functional groups attached to an aromatic ring is 1. The molecule has 0 aliphatic rings. The third-order valence-electron chi connectivity index (χ3n) is 2.28. The molecule has 18 heavy (non-hydrogen) atoms. The van der Waals surface area contributed by atoms with Gasteiger partial charge in [-0.05, 0) is 52.3 Å². The lowest BCUT2D eigenvalue weighted by Crippen LogP contribution is -1.88. The summed E-state index contributed by atoms with van der Waals surface area (Å²) in [5.41, 5.74) is 6.54. The van der Waals surface area contributed by atoms with Crippen LogP contribution in [0.3, 0.4) is 0 Å². The van der Waals surface area contributed by atoms with Crippen LogP contribution in [0, 0.1) is 17.1 Å². The lowest BCUT2D eigenvalue weighted by atomic mass is 10.2. The number of nitriles is 1. The normalized spacial score (nSPS) is 10.1. The van der Waals surface area contributed by atoms with Crippen LogP contribution in [0.15, 0.2) is 50.7 Å². The first-order valence-corrected chi connectivity index (χ1v) is 6.64. The third-order valence-corrected chi connectivity index (χ3v) is 4.09. The van der Waals surface area contributed by atoms with Gasteiger partial charge in [-0.25, -0.2) is 4.39 Å². The van der Waals surface area contributed by atoms with Crippen molar-refractivity contribution in [1.82, 2.24) is 0 Å². The number of halogens is 2. The molecule has 0 aromatic heterocycles. The number of hydrogen-bond acceptors (Lipinski definition) is 3. The van der Waals surface area contributed by atoms with Gasteiger partial charge < -0.3 is 5.73 Å². The minimum atomic E-state index is -0.420. The van der Waals surface area contributed by atoms with Gasteiger partial charge in [-0.1, -0.05) is 11.8 Å². The summed E-state index contributed by atoms with van der Waals surface area (Å²) in [6.07, 6.45) is 0. The van der Waals surface area contributed by atoms with Gasteiger partial charge in [0.25, 0.3) is 0 Å². The largest absolute Gasteiger partial charge is 0.399 e. The summed E-state index contributed by atoms with van der Waals surface area (Å²) in [6.45, 7) is 0. The minimum Gasteiger partial charge on any atom is -0.399 e. The van der Waals surface area contributed by atoms with Gasteiger partial charge in [0.05, 0.1) is 10.0 Å². The van der Waals surface area contributed by atoms with E-state index < -0.39 is 5.82 Å². The molecule has 2 rings (SSSR count). The third kappa shape index (κ3) is 2.66. The lowest BCUT2D eigenvalue weighted by Gasteiger charge is -2.06. The van der Waals surface area contributed by atoms with Crippen LogP contribution in [0.5, 0.6) is 0 Å². The van der Waals surface area contributed by atoms with Gasteiger partial charge in [0.15, 0.2) is 5.82 Å². The number of hydrogen-bond donors (Lipinski definition) is 1. The molecule has 0 saturated heterocycles. The Kier molecular flexibility index (Phi) is 3.90. The molecule has 0 aliphatic carbocycles. The standard InChI is InChI=1S/C13H8BrFN2S/c14-12-8(7-16)1-6-11(13(12)15)18-10-4-2-9(17)3-5-10/h1-6H,17H2. The summed E-state index contributed by atoms with van der Waals surface area (Å²) in [5, 5.41) is 8.79. The number of nitrogens with zero attached hydrogens (tertiary/aromatic N) is 1. The van der Waals surface area contributed by atoms with Crippen LogP contribution in [0.2, 0.25) is 0 Å². The van der Waals surface area contributed by atoms with Gasteiger partial charge >= 0.3 is 0 Å². The molecule has 2 nitrogen and oxygen atoms in total. The van der Waals surface area contributed by atoms with Gasteiger partial charge in [-0.2, -0.15) is 5.26 Å². The summed E-state index contributed by atoms with van der Waals surface area (Å²) < 4.78 is 14.2. The summed E-state index contributed by atoms with van der Waals surface area (Å²) in [6, 6.07) is 12.3. The van der Waals surface area contributed by atoms with Gasteiger partial charge in [-0.3, -0.25) is 0 Å². The molecule has 0 aliphatic heterocycles. The van der Waals surface area contributed by atoms with Crippen LogP contribution in [-0.4, -0.2) is 0 Å². The molecular formula is C13H8BrFN2S. The van der Waals surface area contributed by atoms with E-state index in [4.69, 9.17) is 11.0 Å². The van der Waals surface area contributed by atoms with Crippen molar-refractivity contribution < 1.29 is 4.39 Å². The molecule has 2 aromatic carbocycles. The zero-order chi connectivity index (χ0) is 13.1. The molecule has 0 unspecified atom stereocenters. The van der Waals surface area contributed by atoms with Crippen molar-refractivity contribution in [3.63, 3.8) is 0 Å². The Labute approximate surface area is 117 Å². The van der Waals surface area contributed by atoms with Crippen molar-refractivity contribution in [2.24, 2.45) is 0 Å². The Morgan fingerprint density at radius 1 is 1.17 bits per heavy atom. The second-order valence-electron chi connectivity index (χ2n) is 3.52. The van der Waals surface area contributed by atoms with Crippen LogP contribution in [0.4, 0.5) is 10.1 Å². The van der Waals surface area contributed by atoms with Gasteiger partial charge in [-0.15, -0.1) is 0 Å². The maximum atomic E-state index is 14.0. The molecular weight excluding hydrogens is 315 g/mol. The summed E-state index contributed by atoms with van der Waals surface area (Å²) in [7, 11) is 0. The predicted molar refractivity (Wildman–Crippen MR) is 73.8 cm³/mol. The van der Waals surface area contributed by atoms with E-state index in [1.807, 2.05) is 18.2 Å².